The van der Waals surface area contributed by atoms with Gasteiger partial charge in [-0.2, -0.15) is 0 Å². The van der Waals surface area contributed by atoms with E-state index in [1.165, 1.54) is 0 Å². The number of carbonyl (C=O) groups excluding carboxylic acids is 1. The second-order valence-electron chi connectivity index (χ2n) is 6.66. The maximum Gasteiger partial charge on any atom is 0.317 e. The van der Waals surface area contributed by atoms with E-state index >= 15 is 0 Å². The molecule has 2 N–H and O–H groups in total. The van der Waals surface area contributed by atoms with E-state index in [9.17, 15) is 9.90 Å². The number of nitrogens with one attached hydrogen (secondary N) is 1. The van der Waals surface area contributed by atoms with Gasteiger partial charge in [0, 0.05) is 30.5 Å². The van der Waals surface area contributed by atoms with Crippen molar-refractivity contribution in [3.05, 3.63) is 35.6 Å². The molecule has 0 aliphatic heterocycles. The van der Waals surface area contributed by atoms with E-state index in [4.69, 9.17) is 4.42 Å². The highest BCUT2D eigenvalue weighted by Gasteiger charge is 2.23. The Labute approximate surface area is 142 Å². The number of aliphatic hydroxyl groups is 1. The van der Waals surface area contributed by atoms with Gasteiger partial charge in [0.15, 0.2) is 0 Å². The fraction of sp³-hybridized carbons (Fsp3) is 0.526. The largest absolute Gasteiger partial charge is 0.461 e. The van der Waals surface area contributed by atoms with Crippen molar-refractivity contribution in [2.24, 2.45) is 0 Å². The number of furan rings is 1. The predicted molar refractivity (Wildman–Crippen MR) is 93.9 cm³/mol. The minimum atomic E-state index is -0.208. The number of hydrogen-bond donors (Lipinski definition) is 2. The molecule has 0 bridgehead atoms. The SMILES string of the molecule is CCc1oc2ccccc2c1CN(C)C(=O)NC1CCC(O)CC1. The van der Waals surface area contributed by atoms with Crippen molar-refractivity contribution in [2.45, 2.75) is 57.7 Å². The lowest BCUT2D eigenvalue weighted by Gasteiger charge is -2.28. The van der Waals surface area contributed by atoms with E-state index in [0.717, 1.165) is 54.4 Å². The lowest BCUT2D eigenvalue weighted by atomic mass is 9.93. The number of aliphatic hydroxyl groups excluding tert-OH is 1. The molecule has 0 spiro atoms. The van der Waals surface area contributed by atoms with Crippen LogP contribution in [0.3, 0.4) is 0 Å². The third-order valence-corrected chi connectivity index (χ3v) is 4.87. The zero-order valence-electron chi connectivity index (χ0n) is 14.4. The molecule has 0 radical (unpaired) electrons. The quantitative estimate of drug-likeness (QED) is 0.902. The number of carbonyl (C=O) groups is 1. The molecule has 0 saturated heterocycles. The molecule has 2 amide bonds. The van der Waals surface area contributed by atoms with Gasteiger partial charge in [-0.1, -0.05) is 25.1 Å². The van der Waals surface area contributed by atoms with Gasteiger partial charge in [0.25, 0.3) is 0 Å². The van der Waals surface area contributed by atoms with Gasteiger partial charge in [0.2, 0.25) is 0 Å². The monoisotopic (exact) mass is 330 g/mol. The van der Waals surface area contributed by atoms with Crippen LogP contribution in [-0.4, -0.2) is 35.2 Å². The molecule has 5 heteroatoms. The second kappa shape index (κ2) is 7.26. The highest BCUT2D eigenvalue weighted by Crippen LogP contribution is 2.27. The topological polar surface area (TPSA) is 65.7 Å². The maximum atomic E-state index is 12.5. The number of para-hydroxylation sites is 1. The number of nitrogens with zero attached hydrogens (tertiary/aromatic N) is 1. The first kappa shape index (κ1) is 16.8. The van der Waals surface area contributed by atoms with Crippen LogP contribution in [0.15, 0.2) is 28.7 Å². The van der Waals surface area contributed by atoms with Crippen LogP contribution in [0, 0.1) is 0 Å². The Balaban J connectivity index is 1.68. The van der Waals surface area contributed by atoms with E-state index < -0.39 is 0 Å². The Hall–Kier alpha value is -2.01. The minimum Gasteiger partial charge on any atom is -0.461 e. The molecule has 1 heterocycles. The van der Waals surface area contributed by atoms with Crippen molar-refractivity contribution >= 4 is 17.0 Å². The zero-order chi connectivity index (χ0) is 17.1. The van der Waals surface area contributed by atoms with Crippen molar-refractivity contribution in [1.82, 2.24) is 10.2 Å². The van der Waals surface area contributed by atoms with Crippen LogP contribution >= 0.6 is 0 Å². The Morgan fingerprint density at radius 3 is 2.71 bits per heavy atom. The first-order valence-electron chi connectivity index (χ1n) is 8.77. The number of hydrogen-bond acceptors (Lipinski definition) is 3. The first-order valence-corrected chi connectivity index (χ1v) is 8.77. The summed E-state index contributed by atoms with van der Waals surface area (Å²) in [7, 11) is 1.81. The van der Waals surface area contributed by atoms with Gasteiger partial charge >= 0.3 is 6.03 Å². The highest BCUT2D eigenvalue weighted by atomic mass is 16.3. The van der Waals surface area contributed by atoms with Gasteiger partial charge in [0.1, 0.15) is 11.3 Å². The first-order chi connectivity index (χ1) is 11.6. The molecule has 1 aromatic heterocycles. The lowest BCUT2D eigenvalue weighted by Crippen LogP contribution is -2.44. The molecular weight excluding hydrogens is 304 g/mol. The molecule has 1 aliphatic rings. The number of amides is 2. The van der Waals surface area contributed by atoms with E-state index in [1.807, 2.05) is 31.3 Å². The smallest absolute Gasteiger partial charge is 0.317 e. The third kappa shape index (κ3) is 3.56. The summed E-state index contributed by atoms with van der Waals surface area (Å²) < 4.78 is 5.90. The van der Waals surface area contributed by atoms with E-state index in [1.54, 1.807) is 4.90 Å². The van der Waals surface area contributed by atoms with Gasteiger partial charge in [-0.15, -0.1) is 0 Å². The molecule has 1 saturated carbocycles. The van der Waals surface area contributed by atoms with Gasteiger partial charge in [-0.3, -0.25) is 0 Å². The van der Waals surface area contributed by atoms with Crippen LogP contribution in [0.5, 0.6) is 0 Å². The fourth-order valence-electron chi connectivity index (χ4n) is 3.42. The van der Waals surface area contributed by atoms with Crippen LogP contribution in [-0.2, 0) is 13.0 Å². The van der Waals surface area contributed by atoms with Crippen molar-refractivity contribution in [3.63, 3.8) is 0 Å². The summed E-state index contributed by atoms with van der Waals surface area (Å²) in [4.78, 5) is 14.2. The molecule has 5 nitrogen and oxygen atoms in total. The number of benzene rings is 1. The van der Waals surface area contributed by atoms with Crippen LogP contribution in [0.25, 0.3) is 11.0 Å². The van der Waals surface area contributed by atoms with Crippen LogP contribution in [0.2, 0.25) is 0 Å². The number of rotatable bonds is 4. The van der Waals surface area contributed by atoms with Gasteiger partial charge in [-0.05, 0) is 31.7 Å². The van der Waals surface area contributed by atoms with Gasteiger partial charge in [0.05, 0.1) is 12.6 Å². The van der Waals surface area contributed by atoms with Crippen molar-refractivity contribution in [2.75, 3.05) is 7.05 Å². The lowest BCUT2D eigenvalue weighted by molar-refractivity contribution is 0.115. The second-order valence-corrected chi connectivity index (χ2v) is 6.66. The summed E-state index contributed by atoms with van der Waals surface area (Å²) in [5.41, 5.74) is 1.96. The minimum absolute atomic E-state index is 0.0660. The van der Waals surface area contributed by atoms with Crippen LogP contribution in [0.1, 0.15) is 43.9 Å². The number of urea groups is 1. The van der Waals surface area contributed by atoms with Crippen LogP contribution < -0.4 is 5.32 Å². The van der Waals surface area contributed by atoms with Crippen LogP contribution in [0.4, 0.5) is 4.79 Å². The summed E-state index contributed by atoms with van der Waals surface area (Å²) in [6.45, 7) is 2.59. The Kier molecular flexibility index (Phi) is 5.09. The molecule has 1 aliphatic carbocycles. The Bertz CT molecular complexity index is 702. The molecular formula is C19H26N2O3. The molecule has 0 atom stereocenters. The summed E-state index contributed by atoms with van der Waals surface area (Å²) in [5.74, 6) is 0.941. The van der Waals surface area contributed by atoms with Crippen molar-refractivity contribution in [1.29, 1.82) is 0 Å². The molecule has 24 heavy (non-hydrogen) atoms. The fourth-order valence-corrected chi connectivity index (χ4v) is 3.42. The third-order valence-electron chi connectivity index (χ3n) is 4.87. The predicted octanol–water partition coefficient (Wildman–Crippen LogP) is 3.44. The average Bonchev–Trinajstić information content (AvgIpc) is 2.94. The summed E-state index contributed by atoms with van der Waals surface area (Å²) >= 11 is 0. The van der Waals surface area contributed by atoms with E-state index in [-0.39, 0.29) is 18.2 Å². The number of aryl methyl sites for hydroxylation is 1. The van der Waals surface area contributed by atoms with E-state index in [0.29, 0.717) is 6.54 Å². The molecule has 130 valence electrons. The van der Waals surface area contributed by atoms with Crippen molar-refractivity contribution in [3.8, 4) is 0 Å². The zero-order valence-corrected chi connectivity index (χ0v) is 14.4. The standard InChI is InChI=1S/C19H26N2O3/c1-3-17-16(15-6-4-5-7-18(15)24-17)12-21(2)19(23)20-13-8-10-14(22)11-9-13/h4-7,13-14,22H,3,8-12H2,1-2H3,(H,20,23). The maximum absolute atomic E-state index is 12.5. The Morgan fingerprint density at radius 2 is 2.00 bits per heavy atom. The van der Waals surface area contributed by atoms with Gasteiger partial charge in [-0.25, -0.2) is 4.79 Å². The Morgan fingerprint density at radius 1 is 1.29 bits per heavy atom. The van der Waals surface area contributed by atoms with Gasteiger partial charge < -0.3 is 19.7 Å². The summed E-state index contributed by atoms with van der Waals surface area (Å²) in [6, 6.07) is 8.06. The molecule has 3 rings (SSSR count). The average molecular weight is 330 g/mol. The van der Waals surface area contributed by atoms with Crippen molar-refractivity contribution < 1.29 is 14.3 Å². The van der Waals surface area contributed by atoms with E-state index in [2.05, 4.69) is 12.2 Å². The molecule has 1 fully saturated rings. The summed E-state index contributed by atoms with van der Waals surface area (Å²) in [6.07, 6.45) is 3.81. The highest BCUT2D eigenvalue weighted by molar-refractivity contribution is 5.83. The molecule has 2 aromatic rings. The molecule has 0 unspecified atom stereocenters. The number of fused-ring (bicyclic) bond motifs is 1. The molecule has 1 aromatic carbocycles. The normalized spacial score (nSPS) is 21.0. The summed E-state index contributed by atoms with van der Waals surface area (Å²) in [5, 5.41) is 13.7.